The average Bonchev–Trinajstić information content (AvgIpc) is 3.10. The number of hydrogen-bond donors (Lipinski definition) is 0. The van der Waals surface area contributed by atoms with E-state index in [4.69, 9.17) is 9.15 Å². The van der Waals surface area contributed by atoms with Crippen molar-refractivity contribution in [2.45, 2.75) is 45.3 Å². The molecule has 0 aliphatic carbocycles. The van der Waals surface area contributed by atoms with E-state index in [1.165, 1.54) is 11.3 Å². The number of carbonyl (C=O) groups excluding carboxylic acids is 1. The molecule has 2 aromatic rings. The molecule has 0 bridgehead atoms. The van der Waals surface area contributed by atoms with E-state index >= 15 is 0 Å². The van der Waals surface area contributed by atoms with Gasteiger partial charge in [-0.1, -0.05) is 12.8 Å². The fourth-order valence-corrected chi connectivity index (χ4v) is 3.76. The number of furan rings is 1. The molecule has 0 N–H and O–H groups in total. The third-order valence-corrected chi connectivity index (χ3v) is 4.96. The van der Waals surface area contributed by atoms with Gasteiger partial charge in [0.2, 0.25) is 0 Å². The first kappa shape index (κ1) is 16.2. The normalized spacial score (nSPS) is 18.9. The number of carbonyl (C=O) groups is 1. The maximum Gasteiger partial charge on any atom is 0.273 e. The zero-order valence-corrected chi connectivity index (χ0v) is 14.4. The van der Waals surface area contributed by atoms with Crippen molar-refractivity contribution < 1.29 is 13.9 Å². The Labute approximate surface area is 140 Å². The van der Waals surface area contributed by atoms with Gasteiger partial charge in [-0.15, -0.1) is 11.3 Å². The van der Waals surface area contributed by atoms with E-state index in [2.05, 4.69) is 4.98 Å². The summed E-state index contributed by atoms with van der Waals surface area (Å²) in [5.41, 5.74) is 0.511. The molecule has 124 valence electrons. The minimum absolute atomic E-state index is 0.00581. The number of methoxy groups -OCH3 is 1. The number of ether oxygens (including phenoxy) is 1. The van der Waals surface area contributed by atoms with E-state index in [0.29, 0.717) is 12.3 Å². The number of likely N-dealkylation sites (tertiary alicyclic amines) is 1. The third-order valence-electron chi connectivity index (χ3n) is 4.14. The van der Waals surface area contributed by atoms with Gasteiger partial charge in [-0.05, 0) is 31.9 Å². The van der Waals surface area contributed by atoms with Crippen molar-refractivity contribution in [1.82, 2.24) is 9.88 Å². The van der Waals surface area contributed by atoms with Crippen LogP contribution in [0, 0.1) is 6.92 Å². The van der Waals surface area contributed by atoms with Gasteiger partial charge < -0.3 is 14.1 Å². The highest BCUT2D eigenvalue weighted by Gasteiger charge is 2.30. The molecule has 1 fully saturated rings. The van der Waals surface area contributed by atoms with E-state index in [9.17, 15) is 4.79 Å². The van der Waals surface area contributed by atoms with Crippen molar-refractivity contribution >= 4 is 17.2 Å². The van der Waals surface area contributed by atoms with Crippen LogP contribution in [-0.4, -0.2) is 29.4 Å². The molecular weight excluding hydrogens is 312 g/mol. The fraction of sp³-hybridized carbons (Fsp3) is 0.529. The summed E-state index contributed by atoms with van der Waals surface area (Å²) in [5, 5.41) is 2.66. The van der Waals surface area contributed by atoms with Gasteiger partial charge in [0.1, 0.15) is 22.2 Å². The zero-order chi connectivity index (χ0) is 16.2. The first-order valence-corrected chi connectivity index (χ1v) is 8.87. The molecule has 1 unspecified atom stereocenters. The molecule has 1 amide bonds. The van der Waals surface area contributed by atoms with Crippen molar-refractivity contribution in [3.05, 3.63) is 39.7 Å². The molecule has 23 heavy (non-hydrogen) atoms. The molecule has 6 heteroatoms. The molecule has 3 rings (SSSR count). The highest BCUT2D eigenvalue weighted by Crippen LogP contribution is 2.32. The number of rotatable bonds is 4. The molecule has 5 nitrogen and oxygen atoms in total. The van der Waals surface area contributed by atoms with Gasteiger partial charge in [0.15, 0.2) is 0 Å². The van der Waals surface area contributed by atoms with E-state index < -0.39 is 0 Å². The van der Waals surface area contributed by atoms with Crippen LogP contribution in [0.2, 0.25) is 0 Å². The summed E-state index contributed by atoms with van der Waals surface area (Å²) in [6.07, 6.45) is 4.22. The Hall–Kier alpha value is -1.66. The quantitative estimate of drug-likeness (QED) is 0.849. The minimum atomic E-state index is -0.00967. The summed E-state index contributed by atoms with van der Waals surface area (Å²) >= 11 is 1.47. The summed E-state index contributed by atoms with van der Waals surface area (Å²) in [7, 11) is 1.63. The number of nitrogens with zero attached hydrogens (tertiary/aromatic N) is 2. The molecular formula is C17H22N2O3S. The Morgan fingerprint density at radius 2 is 2.30 bits per heavy atom. The van der Waals surface area contributed by atoms with Crippen LogP contribution in [0.15, 0.2) is 21.9 Å². The first-order valence-electron chi connectivity index (χ1n) is 7.99. The van der Waals surface area contributed by atoms with Crippen molar-refractivity contribution in [1.29, 1.82) is 0 Å². The van der Waals surface area contributed by atoms with Gasteiger partial charge in [0.05, 0.1) is 12.6 Å². The lowest BCUT2D eigenvalue weighted by Gasteiger charge is -2.28. The number of thiazole rings is 1. The number of hydrogen-bond acceptors (Lipinski definition) is 5. The molecule has 0 saturated carbocycles. The largest absolute Gasteiger partial charge is 0.464 e. The molecule has 1 aliphatic heterocycles. The Balaban J connectivity index is 1.84. The summed E-state index contributed by atoms with van der Waals surface area (Å²) in [6, 6.07) is 3.96. The van der Waals surface area contributed by atoms with Gasteiger partial charge >= 0.3 is 0 Å². The van der Waals surface area contributed by atoms with Crippen LogP contribution in [0.3, 0.4) is 0 Å². The Morgan fingerprint density at radius 3 is 3.04 bits per heavy atom. The van der Waals surface area contributed by atoms with Gasteiger partial charge in [0, 0.05) is 19.0 Å². The van der Waals surface area contributed by atoms with Crippen molar-refractivity contribution in [2.75, 3.05) is 13.7 Å². The van der Waals surface area contributed by atoms with Crippen molar-refractivity contribution in [2.24, 2.45) is 0 Å². The molecule has 0 radical (unpaired) electrons. The molecule has 2 aromatic heterocycles. The lowest BCUT2D eigenvalue weighted by atomic mass is 10.1. The molecule has 3 heterocycles. The third kappa shape index (κ3) is 3.64. The molecule has 1 aliphatic rings. The Bertz CT molecular complexity index is 664. The predicted molar refractivity (Wildman–Crippen MR) is 88.5 cm³/mol. The maximum absolute atomic E-state index is 12.9. The highest BCUT2D eigenvalue weighted by molar-refractivity contribution is 7.09. The predicted octanol–water partition coefficient (Wildman–Crippen LogP) is 3.95. The lowest BCUT2D eigenvalue weighted by molar-refractivity contribution is 0.0651. The van der Waals surface area contributed by atoms with E-state index in [-0.39, 0.29) is 11.9 Å². The van der Waals surface area contributed by atoms with Crippen LogP contribution >= 0.6 is 11.3 Å². The average molecular weight is 334 g/mol. The van der Waals surface area contributed by atoms with Gasteiger partial charge in [-0.3, -0.25) is 4.79 Å². The molecule has 1 saturated heterocycles. The standard InChI is InChI=1S/C17H22N2O3S/c1-12-7-8-15(22-12)14-6-4-3-5-9-19(14)17(20)13-11-23-16(18-13)10-21-2/h7-8,11,14H,3-6,9-10H2,1-2H3. The van der Waals surface area contributed by atoms with Crippen LogP contribution in [-0.2, 0) is 11.3 Å². The van der Waals surface area contributed by atoms with Crippen LogP contribution in [0.5, 0.6) is 0 Å². The van der Waals surface area contributed by atoms with Crippen molar-refractivity contribution in [3.63, 3.8) is 0 Å². The number of aryl methyl sites for hydroxylation is 1. The van der Waals surface area contributed by atoms with Gasteiger partial charge in [-0.2, -0.15) is 0 Å². The van der Waals surface area contributed by atoms with Gasteiger partial charge in [0.25, 0.3) is 5.91 Å². The molecule has 1 atom stereocenters. The van der Waals surface area contributed by atoms with Crippen molar-refractivity contribution in [3.8, 4) is 0 Å². The van der Waals surface area contributed by atoms with E-state index in [0.717, 1.165) is 48.8 Å². The molecule has 0 aromatic carbocycles. The van der Waals surface area contributed by atoms with Gasteiger partial charge in [-0.25, -0.2) is 4.98 Å². The van der Waals surface area contributed by atoms with E-state index in [1.54, 1.807) is 7.11 Å². The van der Waals surface area contributed by atoms with E-state index in [1.807, 2.05) is 29.3 Å². The van der Waals surface area contributed by atoms with Crippen LogP contribution in [0.1, 0.15) is 58.7 Å². The smallest absolute Gasteiger partial charge is 0.273 e. The minimum Gasteiger partial charge on any atom is -0.464 e. The molecule has 0 spiro atoms. The highest BCUT2D eigenvalue weighted by atomic mass is 32.1. The Morgan fingerprint density at radius 1 is 1.43 bits per heavy atom. The number of amides is 1. The second kappa shape index (κ2) is 7.27. The second-order valence-electron chi connectivity index (χ2n) is 5.87. The second-order valence-corrected chi connectivity index (χ2v) is 6.81. The first-order chi connectivity index (χ1) is 11.2. The zero-order valence-electron chi connectivity index (χ0n) is 13.6. The topological polar surface area (TPSA) is 55.6 Å². The summed E-state index contributed by atoms with van der Waals surface area (Å²) in [6.45, 7) is 3.13. The van der Waals surface area contributed by atoms with Crippen LogP contribution in [0.25, 0.3) is 0 Å². The monoisotopic (exact) mass is 334 g/mol. The fourth-order valence-electron chi connectivity index (χ4n) is 3.03. The lowest BCUT2D eigenvalue weighted by Crippen LogP contribution is -2.34. The Kier molecular flexibility index (Phi) is 5.13. The summed E-state index contributed by atoms with van der Waals surface area (Å²) < 4.78 is 10.9. The number of aromatic nitrogens is 1. The van der Waals surface area contributed by atoms with Crippen LogP contribution in [0.4, 0.5) is 0 Å². The van der Waals surface area contributed by atoms with Crippen LogP contribution < -0.4 is 0 Å². The maximum atomic E-state index is 12.9. The summed E-state index contributed by atoms with van der Waals surface area (Å²) in [4.78, 5) is 19.3. The summed E-state index contributed by atoms with van der Waals surface area (Å²) in [5.74, 6) is 1.75. The SMILES string of the molecule is COCc1nc(C(=O)N2CCCCCC2c2ccc(C)o2)cs1.